The Hall–Kier alpha value is -0.950. The van der Waals surface area contributed by atoms with Gasteiger partial charge in [0.05, 0.1) is 4.90 Å². The van der Waals surface area contributed by atoms with Crippen molar-refractivity contribution in [2.45, 2.75) is 30.3 Å². The summed E-state index contributed by atoms with van der Waals surface area (Å²) in [5.41, 5.74) is 0.782. The highest BCUT2D eigenvalue weighted by atomic mass is 32.2. The molecule has 0 aliphatic carbocycles. The minimum atomic E-state index is -3.46. The summed E-state index contributed by atoms with van der Waals surface area (Å²) in [6.07, 6.45) is 1.46. The van der Waals surface area contributed by atoms with Crippen LogP contribution >= 0.6 is 0 Å². The molecule has 1 heterocycles. The van der Waals surface area contributed by atoms with E-state index in [2.05, 4.69) is 10.0 Å². The summed E-state index contributed by atoms with van der Waals surface area (Å²) < 4.78 is 32.8. The fourth-order valence-electron chi connectivity index (χ4n) is 2.20. The highest BCUT2D eigenvalue weighted by molar-refractivity contribution is 7.89. The van der Waals surface area contributed by atoms with Crippen molar-refractivity contribution >= 4 is 10.0 Å². The maximum atomic E-state index is 12.4. The van der Waals surface area contributed by atoms with Crippen LogP contribution in [0.4, 0.5) is 0 Å². The zero-order valence-electron chi connectivity index (χ0n) is 11.1. The lowest BCUT2D eigenvalue weighted by Crippen LogP contribution is -2.39. The van der Waals surface area contributed by atoms with Crippen molar-refractivity contribution in [3.05, 3.63) is 29.8 Å². The van der Waals surface area contributed by atoms with E-state index in [1.807, 2.05) is 12.1 Å². The van der Waals surface area contributed by atoms with Gasteiger partial charge in [0.15, 0.2) is 0 Å². The van der Waals surface area contributed by atoms with Crippen molar-refractivity contribution in [2.24, 2.45) is 0 Å². The Morgan fingerprint density at radius 2 is 1.95 bits per heavy atom. The summed E-state index contributed by atoms with van der Waals surface area (Å²) in [5, 5.41) is 2.99. The molecule has 0 radical (unpaired) electrons. The Morgan fingerprint density at radius 1 is 1.26 bits per heavy atom. The zero-order chi connectivity index (χ0) is 13.7. The molecular formula is C13H20N2O3S. The second kappa shape index (κ2) is 6.47. The van der Waals surface area contributed by atoms with Crippen LogP contribution in [0.2, 0.25) is 0 Å². The third-order valence-corrected chi connectivity index (χ3v) is 4.79. The van der Waals surface area contributed by atoms with Crippen LogP contribution < -0.4 is 10.0 Å². The van der Waals surface area contributed by atoms with E-state index < -0.39 is 10.0 Å². The van der Waals surface area contributed by atoms with Crippen LogP contribution in [-0.2, 0) is 21.3 Å². The van der Waals surface area contributed by atoms with Crippen LogP contribution in [0.1, 0.15) is 18.4 Å². The highest BCUT2D eigenvalue weighted by Gasteiger charge is 2.23. The lowest BCUT2D eigenvalue weighted by Gasteiger charge is -2.23. The van der Waals surface area contributed by atoms with Crippen molar-refractivity contribution in [3.8, 4) is 0 Å². The van der Waals surface area contributed by atoms with E-state index in [-0.39, 0.29) is 6.04 Å². The molecule has 0 bridgehead atoms. The number of ether oxygens (including phenoxy) is 1. The Balaban J connectivity index is 2.18. The Morgan fingerprint density at radius 3 is 2.63 bits per heavy atom. The maximum absolute atomic E-state index is 12.4. The van der Waals surface area contributed by atoms with E-state index in [0.717, 1.165) is 18.4 Å². The third-order valence-electron chi connectivity index (χ3n) is 3.17. The maximum Gasteiger partial charge on any atom is 0.241 e. The van der Waals surface area contributed by atoms with E-state index in [1.54, 1.807) is 19.2 Å². The van der Waals surface area contributed by atoms with E-state index in [4.69, 9.17) is 4.74 Å². The van der Waals surface area contributed by atoms with Gasteiger partial charge in [-0.2, -0.15) is 0 Å². The fraction of sp³-hybridized carbons (Fsp3) is 0.538. The summed E-state index contributed by atoms with van der Waals surface area (Å²) in [4.78, 5) is 0.357. The van der Waals surface area contributed by atoms with Crippen molar-refractivity contribution in [1.29, 1.82) is 0 Å². The third kappa shape index (κ3) is 3.76. The molecule has 0 amide bonds. The summed E-state index contributed by atoms with van der Waals surface area (Å²) in [6, 6.07) is 7.04. The molecule has 0 atom stereocenters. The molecule has 0 saturated carbocycles. The van der Waals surface area contributed by atoms with E-state index in [0.29, 0.717) is 24.7 Å². The molecule has 6 heteroatoms. The van der Waals surface area contributed by atoms with Crippen LogP contribution in [0.15, 0.2) is 29.2 Å². The average molecular weight is 284 g/mol. The quantitative estimate of drug-likeness (QED) is 0.841. The first-order valence-corrected chi connectivity index (χ1v) is 7.94. The summed E-state index contributed by atoms with van der Waals surface area (Å²) in [7, 11) is -1.66. The van der Waals surface area contributed by atoms with Crippen LogP contribution in [0.5, 0.6) is 0 Å². The first kappa shape index (κ1) is 14.5. The summed E-state index contributed by atoms with van der Waals surface area (Å²) in [5.74, 6) is 0. The van der Waals surface area contributed by atoms with Gasteiger partial charge in [0.25, 0.3) is 0 Å². The van der Waals surface area contributed by atoms with Crippen LogP contribution in [0.3, 0.4) is 0 Å². The normalized spacial score (nSPS) is 17.5. The second-order valence-electron chi connectivity index (χ2n) is 4.65. The fourth-order valence-corrected chi connectivity index (χ4v) is 3.75. The molecule has 2 N–H and O–H groups in total. The van der Waals surface area contributed by atoms with Crippen molar-refractivity contribution in [3.63, 3.8) is 0 Å². The Bertz CT molecular complexity index is 510. The molecule has 1 aliphatic rings. The number of rotatable bonds is 5. The molecule has 5 nitrogen and oxygen atoms in total. The van der Waals surface area contributed by atoms with Gasteiger partial charge in [-0.3, -0.25) is 0 Å². The van der Waals surface area contributed by atoms with Crippen LogP contribution in [0, 0.1) is 0 Å². The minimum absolute atomic E-state index is 0.0265. The molecule has 1 aromatic rings. The molecule has 0 spiro atoms. The lowest BCUT2D eigenvalue weighted by atomic mass is 10.1. The second-order valence-corrected chi connectivity index (χ2v) is 6.33. The van der Waals surface area contributed by atoms with Gasteiger partial charge < -0.3 is 10.1 Å². The van der Waals surface area contributed by atoms with Crippen molar-refractivity contribution in [2.75, 3.05) is 20.3 Å². The number of sulfonamides is 1. The standard InChI is InChI=1S/C13H20N2O3S/c1-14-10-11-4-2-3-5-13(11)19(16,17)15-12-6-8-18-9-7-12/h2-5,12,14-15H,6-10H2,1H3. The van der Waals surface area contributed by atoms with Gasteiger partial charge in [-0.05, 0) is 31.5 Å². The van der Waals surface area contributed by atoms with Crippen LogP contribution in [-0.4, -0.2) is 34.7 Å². The predicted octanol–water partition coefficient (Wildman–Crippen LogP) is 0.863. The number of benzene rings is 1. The first-order chi connectivity index (χ1) is 9.13. The largest absolute Gasteiger partial charge is 0.381 e. The number of nitrogens with one attached hydrogen (secondary N) is 2. The van der Waals surface area contributed by atoms with Gasteiger partial charge >= 0.3 is 0 Å². The van der Waals surface area contributed by atoms with Crippen molar-refractivity contribution in [1.82, 2.24) is 10.0 Å². The molecular weight excluding hydrogens is 264 g/mol. The van der Waals surface area contributed by atoms with E-state index in [9.17, 15) is 8.42 Å². The molecule has 1 fully saturated rings. The molecule has 106 valence electrons. The topological polar surface area (TPSA) is 67.4 Å². The molecule has 2 rings (SSSR count). The summed E-state index contributed by atoms with van der Waals surface area (Å²) >= 11 is 0. The molecule has 0 unspecified atom stereocenters. The summed E-state index contributed by atoms with van der Waals surface area (Å²) in [6.45, 7) is 1.77. The molecule has 0 aromatic heterocycles. The monoisotopic (exact) mass is 284 g/mol. The van der Waals surface area contributed by atoms with E-state index in [1.165, 1.54) is 0 Å². The highest BCUT2D eigenvalue weighted by Crippen LogP contribution is 2.17. The SMILES string of the molecule is CNCc1ccccc1S(=O)(=O)NC1CCOCC1. The zero-order valence-corrected chi connectivity index (χ0v) is 11.9. The smallest absolute Gasteiger partial charge is 0.241 e. The van der Waals surface area contributed by atoms with Gasteiger partial charge in [-0.15, -0.1) is 0 Å². The first-order valence-electron chi connectivity index (χ1n) is 6.46. The number of hydrogen-bond acceptors (Lipinski definition) is 4. The number of hydrogen-bond donors (Lipinski definition) is 2. The molecule has 1 saturated heterocycles. The van der Waals surface area contributed by atoms with E-state index >= 15 is 0 Å². The minimum Gasteiger partial charge on any atom is -0.381 e. The van der Waals surface area contributed by atoms with Gasteiger partial charge in [0.1, 0.15) is 0 Å². The molecule has 1 aromatic carbocycles. The molecule has 1 aliphatic heterocycles. The lowest BCUT2D eigenvalue weighted by molar-refractivity contribution is 0.0832. The van der Waals surface area contributed by atoms with Crippen LogP contribution in [0.25, 0.3) is 0 Å². The Kier molecular flexibility index (Phi) is 4.93. The molecule has 19 heavy (non-hydrogen) atoms. The average Bonchev–Trinajstić information content (AvgIpc) is 2.40. The Labute approximate surface area is 114 Å². The van der Waals surface area contributed by atoms with Gasteiger partial charge in [-0.1, -0.05) is 18.2 Å². The van der Waals surface area contributed by atoms with Gasteiger partial charge in [-0.25, -0.2) is 13.1 Å². The van der Waals surface area contributed by atoms with Crippen molar-refractivity contribution < 1.29 is 13.2 Å². The van der Waals surface area contributed by atoms with Gasteiger partial charge in [0.2, 0.25) is 10.0 Å². The predicted molar refractivity (Wildman–Crippen MR) is 73.4 cm³/mol. The van der Waals surface area contributed by atoms with Gasteiger partial charge in [0, 0.05) is 25.8 Å².